The van der Waals surface area contributed by atoms with Crippen molar-refractivity contribution in [3.8, 4) is 5.75 Å². The Bertz CT molecular complexity index is 608. The van der Waals surface area contributed by atoms with Gasteiger partial charge >= 0.3 is 0 Å². The maximum atomic E-state index is 11.5. The number of benzene rings is 2. The zero-order valence-corrected chi connectivity index (χ0v) is 14.5. The summed E-state index contributed by atoms with van der Waals surface area (Å²) in [5.41, 5.74) is 2.24. The highest BCUT2D eigenvalue weighted by molar-refractivity contribution is 14.1. The van der Waals surface area contributed by atoms with Gasteiger partial charge in [-0.15, -0.1) is 0 Å². The van der Waals surface area contributed by atoms with Crippen molar-refractivity contribution < 1.29 is 9.53 Å². The summed E-state index contributed by atoms with van der Waals surface area (Å²) in [6.45, 7) is 4.15. The number of carbonyl (C=O) groups excluding carboxylic acids is 1. The van der Waals surface area contributed by atoms with E-state index in [9.17, 15) is 4.79 Å². The second-order valence-electron chi connectivity index (χ2n) is 5.24. The maximum absolute atomic E-state index is 11.5. The Labute approximate surface area is 139 Å². The van der Waals surface area contributed by atoms with E-state index in [2.05, 4.69) is 28.7 Å². The average Bonchev–Trinajstić information content (AvgIpc) is 2.47. The first-order chi connectivity index (χ1) is 10.1. The van der Waals surface area contributed by atoms with Crippen LogP contribution < -0.4 is 4.74 Å². The van der Waals surface area contributed by atoms with E-state index in [1.54, 1.807) is 6.92 Å². The van der Waals surface area contributed by atoms with E-state index in [0.29, 0.717) is 6.61 Å². The first-order valence-electron chi connectivity index (χ1n) is 7.02. The average molecular weight is 394 g/mol. The molecule has 0 amide bonds. The first kappa shape index (κ1) is 16.0. The van der Waals surface area contributed by atoms with Crippen LogP contribution in [0, 0.1) is 9.49 Å². The summed E-state index contributed by atoms with van der Waals surface area (Å²) in [6.07, 6.45) is 0.719. The van der Waals surface area contributed by atoms with E-state index in [-0.39, 0.29) is 11.7 Å². The van der Waals surface area contributed by atoms with Crippen LogP contribution in [0.2, 0.25) is 0 Å². The Balaban J connectivity index is 2.13. The van der Waals surface area contributed by atoms with Crippen molar-refractivity contribution in [2.45, 2.75) is 26.9 Å². The predicted molar refractivity (Wildman–Crippen MR) is 93.5 cm³/mol. The fraction of sp³-hybridized carbons (Fsp3) is 0.278. The summed E-state index contributed by atoms with van der Waals surface area (Å²) in [5.74, 6) is 1.09. The molecule has 0 saturated heterocycles. The standard InChI is InChI=1S/C18H19IO2/c1-13(14(2)20)10-16-11-17(19)8-9-18(16)21-12-15-6-4-3-5-7-15/h3-9,11,13H,10,12H2,1-2H3/t13-/m0/s1. The van der Waals surface area contributed by atoms with Crippen molar-refractivity contribution in [2.24, 2.45) is 5.92 Å². The van der Waals surface area contributed by atoms with Gasteiger partial charge in [-0.25, -0.2) is 0 Å². The van der Waals surface area contributed by atoms with Crippen LogP contribution in [0.5, 0.6) is 5.75 Å². The molecule has 0 spiro atoms. The topological polar surface area (TPSA) is 26.3 Å². The number of hydrogen-bond acceptors (Lipinski definition) is 2. The lowest BCUT2D eigenvalue weighted by Gasteiger charge is -2.14. The molecule has 0 radical (unpaired) electrons. The van der Waals surface area contributed by atoms with E-state index in [4.69, 9.17) is 4.74 Å². The molecule has 21 heavy (non-hydrogen) atoms. The molecule has 3 heteroatoms. The molecule has 0 heterocycles. The Morgan fingerprint density at radius 1 is 1.19 bits per heavy atom. The second kappa shape index (κ2) is 7.59. The van der Waals surface area contributed by atoms with E-state index < -0.39 is 0 Å². The zero-order valence-electron chi connectivity index (χ0n) is 12.3. The molecule has 0 unspecified atom stereocenters. The van der Waals surface area contributed by atoms with Crippen LogP contribution in [-0.4, -0.2) is 5.78 Å². The summed E-state index contributed by atoms with van der Waals surface area (Å²) in [4.78, 5) is 11.5. The second-order valence-corrected chi connectivity index (χ2v) is 6.49. The van der Waals surface area contributed by atoms with Crippen LogP contribution in [0.1, 0.15) is 25.0 Å². The molecule has 2 aromatic carbocycles. The van der Waals surface area contributed by atoms with Crippen LogP contribution in [0.3, 0.4) is 0 Å². The largest absolute Gasteiger partial charge is 0.489 e. The molecule has 2 rings (SSSR count). The van der Waals surface area contributed by atoms with Crippen LogP contribution in [0.4, 0.5) is 0 Å². The smallest absolute Gasteiger partial charge is 0.132 e. The minimum atomic E-state index is 0.0160. The van der Waals surface area contributed by atoms with Crippen LogP contribution >= 0.6 is 22.6 Å². The van der Waals surface area contributed by atoms with Crippen molar-refractivity contribution in [1.29, 1.82) is 0 Å². The highest BCUT2D eigenvalue weighted by Gasteiger charge is 2.13. The number of carbonyl (C=O) groups is 1. The van der Waals surface area contributed by atoms with Gasteiger partial charge in [0.15, 0.2) is 0 Å². The van der Waals surface area contributed by atoms with Gasteiger partial charge in [-0.2, -0.15) is 0 Å². The highest BCUT2D eigenvalue weighted by Crippen LogP contribution is 2.25. The number of Topliss-reactive ketones (excluding diaryl/α,β-unsaturated/α-hetero) is 1. The van der Waals surface area contributed by atoms with Crippen molar-refractivity contribution in [3.63, 3.8) is 0 Å². The summed E-state index contributed by atoms with van der Waals surface area (Å²) < 4.78 is 7.10. The normalized spacial score (nSPS) is 12.0. The molecule has 0 aliphatic heterocycles. The molecular weight excluding hydrogens is 375 g/mol. The van der Waals surface area contributed by atoms with E-state index in [1.165, 1.54) is 0 Å². The fourth-order valence-corrected chi connectivity index (χ4v) is 2.61. The third kappa shape index (κ3) is 4.84. The third-order valence-electron chi connectivity index (χ3n) is 3.48. The summed E-state index contributed by atoms with van der Waals surface area (Å²) in [6, 6.07) is 16.2. The molecule has 0 N–H and O–H groups in total. The summed E-state index contributed by atoms with van der Waals surface area (Å²) in [5, 5.41) is 0. The lowest BCUT2D eigenvalue weighted by atomic mass is 9.97. The SMILES string of the molecule is CC(=O)[C@@H](C)Cc1cc(I)ccc1OCc1ccccc1. The van der Waals surface area contributed by atoms with Gasteiger partial charge in [0.1, 0.15) is 18.1 Å². The molecule has 0 saturated carbocycles. The van der Waals surface area contributed by atoms with Crippen molar-refractivity contribution in [1.82, 2.24) is 0 Å². The Hall–Kier alpha value is -1.36. The lowest BCUT2D eigenvalue weighted by molar-refractivity contribution is -0.120. The van der Waals surface area contributed by atoms with Crippen LogP contribution in [0.15, 0.2) is 48.5 Å². The molecule has 2 aromatic rings. The van der Waals surface area contributed by atoms with Gasteiger partial charge in [0, 0.05) is 9.49 Å². The van der Waals surface area contributed by atoms with Gasteiger partial charge in [0.25, 0.3) is 0 Å². The molecule has 0 bridgehead atoms. The molecule has 110 valence electrons. The Kier molecular flexibility index (Phi) is 5.79. The monoisotopic (exact) mass is 394 g/mol. The highest BCUT2D eigenvalue weighted by atomic mass is 127. The lowest BCUT2D eigenvalue weighted by Crippen LogP contribution is -2.11. The molecule has 0 aliphatic rings. The molecule has 0 fully saturated rings. The first-order valence-corrected chi connectivity index (χ1v) is 8.09. The quantitative estimate of drug-likeness (QED) is 0.668. The van der Waals surface area contributed by atoms with Gasteiger partial charge < -0.3 is 4.74 Å². The van der Waals surface area contributed by atoms with Crippen molar-refractivity contribution in [3.05, 3.63) is 63.2 Å². The minimum Gasteiger partial charge on any atom is -0.489 e. The minimum absolute atomic E-state index is 0.0160. The van der Waals surface area contributed by atoms with Crippen molar-refractivity contribution >= 4 is 28.4 Å². The maximum Gasteiger partial charge on any atom is 0.132 e. The van der Waals surface area contributed by atoms with Gasteiger partial charge in [-0.1, -0.05) is 37.3 Å². The van der Waals surface area contributed by atoms with Gasteiger partial charge in [-0.05, 0) is 65.3 Å². The predicted octanol–water partition coefficient (Wildman–Crippen LogP) is 4.64. The van der Waals surface area contributed by atoms with Crippen molar-refractivity contribution in [2.75, 3.05) is 0 Å². The number of ketones is 1. The van der Waals surface area contributed by atoms with Crippen LogP contribution in [-0.2, 0) is 17.8 Å². The number of rotatable bonds is 6. The van der Waals surface area contributed by atoms with Gasteiger partial charge in [0.05, 0.1) is 0 Å². The van der Waals surface area contributed by atoms with E-state index in [1.807, 2.05) is 49.4 Å². The third-order valence-corrected chi connectivity index (χ3v) is 4.15. The summed E-state index contributed by atoms with van der Waals surface area (Å²) in [7, 11) is 0. The molecule has 0 aliphatic carbocycles. The Morgan fingerprint density at radius 2 is 1.90 bits per heavy atom. The van der Waals surface area contributed by atoms with Gasteiger partial charge in [0.2, 0.25) is 0 Å². The van der Waals surface area contributed by atoms with E-state index >= 15 is 0 Å². The molecule has 1 atom stereocenters. The molecule has 2 nitrogen and oxygen atoms in total. The Morgan fingerprint density at radius 3 is 2.57 bits per heavy atom. The molecule has 0 aromatic heterocycles. The zero-order chi connectivity index (χ0) is 15.2. The number of hydrogen-bond donors (Lipinski definition) is 0. The fourth-order valence-electron chi connectivity index (χ4n) is 2.06. The number of ether oxygens (including phenoxy) is 1. The van der Waals surface area contributed by atoms with Gasteiger partial charge in [-0.3, -0.25) is 4.79 Å². The summed E-state index contributed by atoms with van der Waals surface area (Å²) >= 11 is 2.29. The van der Waals surface area contributed by atoms with E-state index in [0.717, 1.165) is 26.9 Å². The molecular formula is C18H19IO2. The number of halogens is 1. The van der Waals surface area contributed by atoms with Crippen LogP contribution in [0.25, 0.3) is 0 Å².